The molecule has 4 nitrogen and oxygen atoms in total. The van der Waals surface area contributed by atoms with Crippen molar-refractivity contribution in [3.63, 3.8) is 0 Å². The van der Waals surface area contributed by atoms with Crippen LogP contribution >= 0.6 is 0 Å². The van der Waals surface area contributed by atoms with Gasteiger partial charge in [-0.1, -0.05) is 297 Å². The van der Waals surface area contributed by atoms with E-state index in [-0.39, 0.29) is 0 Å². The zero-order valence-electron chi connectivity index (χ0n) is 56.9. The minimum absolute atomic E-state index is 0.378. The number of hydrogen-bond donors (Lipinski definition) is 4. The number of benzene rings is 4. The van der Waals surface area contributed by atoms with E-state index in [0.717, 1.165) is 44.9 Å². The quantitative estimate of drug-likeness (QED) is 0.0262. The van der Waals surface area contributed by atoms with Gasteiger partial charge in [-0.2, -0.15) is 0 Å². The third-order valence-corrected chi connectivity index (χ3v) is 16.1. The van der Waals surface area contributed by atoms with Gasteiger partial charge in [0.05, 0.1) is 0 Å². The summed E-state index contributed by atoms with van der Waals surface area (Å²) in [5, 5.41) is 37.6. The van der Waals surface area contributed by atoms with Gasteiger partial charge in [-0.15, -0.1) is 6.58 Å². The molecular formula is C84H132O4. The number of aromatic hydroxyl groups is 4. The fourth-order valence-electron chi connectivity index (χ4n) is 10.7. The zero-order chi connectivity index (χ0) is 63.5. The number of rotatable bonds is 51. The van der Waals surface area contributed by atoms with E-state index in [4.69, 9.17) is 0 Å². The van der Waals surface area contributed by atoms with E-state index in [1.807, 2.05) is 54.6 Å². The Morgan fingerprint density at radius 2 is 0.477 bits per heavy atom. The summed E-state index contributed by atoms with van der Waals surface area (Å²) in [4.78, 5) is 0. The van der Waals surface area contributed by atoms with Crippen LogP contribution < -0.4 is 0 Å². The van der Waals surface area contributed by atoms with E-state index in [1.54, 1.807) is 24.3 Å². The summed E-state index contributed by atoms with van der Waals surface area (Å²) in [5.41, 5.74) is 5.01. The summed E-state index contributed by atoms with van der Waals surface area (Å²) in [6.45, 7) is 10.4. The Kier molecular flexibility index (Phi) is 59.0. The Bertz CT molecular complexity index is 2280. The van der Waals surface area contributed by atoms with Crippen molar-refractivity contribution in [3.8, 4) is 23.0 Å². The molecule has 4 aromatic rings. The molecule has 88 heavy (non-hydrogen) atoms. The molecule has 4 N–H and O–H groups in total. The van der Waals surface area contributed by atoms with Crippen LogP contribution in [-0.2, 0) is 25.7 Å². The molecule has 0 saturated heterocycles. The maximum Gasteiger partial charge on any atom is 0.115 e. The van der Waals surface area contributed by atoms with Crippen molar-refractivity contribution in [2.45, 2.75) is 310 Å². The van der Waals surface area contributed by atoms with E-state index in [2.05, 4.69) is 112 Å². The summed E-state index contributed by atoms with van der Waals surface area (Å²) in [5.74, 6) is 1.55. The lowest BCUT2D eigenvalue weighted by Gasteiger charge is -2.04. The average molecular weight is 1210 g/mol. The highest BCUT2D eigenvalue weighted by Gasteiger charge is 2.01. The second kappa shape index (κ2) is 64.5. The van der Waals surface area contributed by atoms with Gasteiger partial charge >= 0.3 is 0 Å². The molecule has 0 aliphatic rings. The van der Waals surface area contributed by atoms with Crippen molar-refractivity contribution in [2.75, 3.05) is 0 Å². The molecule has 0 fully saturated rings. The smallest absolute Gasteiger partial charge is 0.115 e. The number of phenolic OH excluding ortho intramolecular Hbond substituents is 4. The van der Waals surface area contributed by atoms with Gasteiger partial charge < -0.3 is 20.4 Å². The summed E-state index contributed by atoms with van der Waals surface area (Å²) in [7, 11) is 0. The highest BCUT2D eigenvalue weighted by atomic mass is 16.3. The van der Waals surface area contributed by atoms with Gasteiger partial charge in [-0.05, 0) is 199 Å². The lowest BCUT2D eigenvalue weighted by atomic mass is 10.0. The maximum absolute atomic E-state index is 9.42. The number of unbranched alkanes of at least 4 members (excludes halogenated alkanes) is 32. The Balaban J connectivity index is 0.000000587. The van der Waals surface area contributed by atoms with Gasteiger partial charge in [0.2, 0.25) is 0 Å². The van der Waals surface area contributed by atoms with Crippen LogP contribution in [0.1, 0.15) is 306 Å². The lowest BCUT2D eigenvalue weighted by molar-refractivity contribution is 0.473. The molecule has 0 radical (unpaired) electrons. The van der Waals surface area contributed by atoms with Gasteiger partial charge in [0.15, 0.2) is 0 Å². The molecule has 0 unspecified atom stereocenters. The molecular weight excluding hydrogens is 1070 g/mol. The first-order valence-electron chi connectivity index (χ1n) is 36.3. The molecule has 0 aliphatic heterocycles. The molecule has 0 saturated carbocycles. The van der Waals surface area contributed by atoms with Crippen LogP contribution in [0.15, 0.2) is 170 Å². The fourth-order valence-corrected chi connectivity index (χ4v) is 10.7. The van der Waals surface area contributed by atoms with Crippen molar-refractivity contribution >= 4 is 0 Å². The number of aryl methyl sites for hydroxylation is 4. The van der Waals surface area contributed by atoms with Crippen molar-refractivity contribution in [2.24, 2.45) is 0 Å². The van der Waals surface area contributed by atoms with Crippen molar-refractivity contribution in [1.29, 1.82) is 0 Å². The van der Waals surface area contributed by atoms with Crippen LogP contribution in [0.25, 0.3) is 0 Å². The molecule has 0 bridgehead atoms. The molecule has 4 rings (SSSR count). The molecule has 4 aromatic carbocycles. The van der Waals surface area contributed by atoms with Crippen molar-refractivity contribution < 1.29 is 20.4 Å². The Morgan fingerprint density at radius 1 is 0.250 bits per heavy atom. The Hall–Kier alpha value is -5.48. The zero-order valence-corrected chi connectivity index (χ0v) is 56.9. The summed E-state index contributed by atoms with van der Waals surface area (Å²) >= 11 is 0. The standard InChI is InChI=1S/C21H36O.C21H34O.C21H32O.C21H30O/c4*1-2-3-4-5-6-7-8-9-10-11-12-13-14-16-20-17-15-18-21(22)19-20/h15,17-19,22H,2-14,16H2,1H3;7-8,15,17-19,22H,2-6,9-14,16H2,1H3;4-5,7-8,15,17-19,22H,2-3,6,9-14,16H2,1H3;2,4-5,7-8,15,17-19,22H,1,3,6,9-14,16H2. The monoisotopic (exact) mass is 1210 g/mol. The molecule has 0 aromatic heterocycles. The van der Waals surface area contributed by atoms with Crippen LogP contribution in [0.5, 0.6) is 23.0 Å². The molecule has 0 atom stereocenters. The number of allylic oxidation sites excluding steroid dienone is 11. The SMILES string of the molecule is C=CCC=CCC=CCCCCCCCc1cccc(O)c1.CCCC=CCC=CCCCCCCCc1cccc(O)c1.CCCCCCC=CCCCCCCCc1cccc(O)c1.CCCCCCCCCCCCCCCc1cccc(O)c1. The first kappa shape index (κ1) is 80.5. The van der Waals surface area contributed by atoms with Gasteiger partial charge in [0, 0.05) is 0 Å². The normalized spacial score (nSPS) is 11.4. The molecule has 0 spiro atoms. The second-order valence-corrected chi connectivity index (χ2v) is 24.6. The molecule has 492 valence electrons. The van der Waals surface area contributed by atoms with Crippen LogP contribution in [-0.4, -0.2) is 20.4 Å². The third-order valence-electron chi connectivity index (χ3n) is 16.1. The minimum atomic E-state index is 0.378. The number of phenols is 4. The predicted octanol–water partition coefficient (Wildman–Crippen LogP) is 26.8. The third kappa shape index (κ3) is 57.0. The predicted molar refractivity (Wildman–Crippen MR) is 389 cm³/mol. The molecule has 0 amide bonds. The van der Waals surface area contributed by atoms with Crippen LogP contribution in [0.4, 0.5) is 0 Å². The molecule has 0 aliphatic carbocycles. The Morgan fingerprint density at radius 3 is 0.750 bits per heavy atom. The maximum atomic E-state index is 9.42. The minimum Gasteiger partial charge on any atom is -0.508 e. The van der Waals surface area contributed by atoms with Gasteiger partial charge in [0.25, 0.3) is 0 Å². The van der Waals surface area contributed by atoms with Crippen molar-refractivity contribution in [3.05, 3.63) is 193 Å². The van der Waals surface area contributed by atoms with Gasteiger partial charge in [0.1, 0.15) is 23.0 Å². The largest absolute Gasteiger partial charge is 0.508 e. The first-order chi connectivity index (χ1) is 43.3. The number of hydrogen-bond acceptors (Lipinski definition) is 4. The van der Waals surface area contributed by atoms with Crippen molar-refractivity contribution in [1.82, 2.24) is 0 Å². The van der Waals surface area contributed by atoms with E-state index in [0.29, 0.717) is 23.0 Å². The average Bonchev–Trinajstić information content (AvgIpc) is 3.54. The van der Waals surface area contributed by atoms with E-state index >= 15 is 0 Å². The van der Waals surface area contributed by atoms with E-state index in [9.17, 15) is 20.4 Å². The van der Waals surface area contributed by atoms with Crippen LogP contribution in [0, 0.1) is 0 Å². The first-order valence-corrected chi connectivity index (χ1v) is 36.3. The van der Waals surface area contributed by atoms with Crippen LogP contribution in [0.3, 0.4) is 0 Å². The summed E-state index contributed by atoms with van der Waals surface area (Å²) in [6.07, 6.45) is 82.6. The lowest BCUT2D eigenvalue weighted by Crippen LogP contribution is -1.86. The topological polar surface area (TPSA) is 80.9 Å². The highest BCUT2D eigenvalue weighted by Crippen LogP contribution is 2.20. The summed E-state index contributed by atoms with van der Waals surface area (Å²) < 4.78 is 0. The molecule has 0 heterocycles. The van der Waals surface area contributed by atoms with E-state index < -0.39 is 0 Å². The van der Waals surface area contributed by atoms with E-state index in [1.165, 1.54) is 266 Å². The second-order valence-electron chi connectivity index (χ2n) is 24.6. The summed E-state index contributed by atoms with van der Waals surface area (Å²) in [6, 6.07) is 30.6. The molecule has 4 heteroatoms. The highest BCUT2D eigenvalue weighted by molar-refractivity contribution is 5.29. The van der Waals surface area contributed by atoms with Gasteiger partial charge in [-0.25, -0.2) is 0 Å². The fraction of sp³-hybridized carbons (Fsp3) is 0.571. The van der Waals surface area contributed by atoms with Crippen LogP contribution in [0.2, 0.25) is 0 Å². The van der Waals surface area contributed by atoms with Gasteiger partial charge in [-0.3, -0.25) is 0 Å². The Labute approximate surface area is 543 Å².